The Morgan fingerprint density at radius 1 is 1.15 bits per heavy atom. The van der Waals surface area contributed by atoms with E-state index in [-0.39, 0.29) is 24.1 Å². The highest BCUT2D eigenvalue weighted by molar-refractivity contribution is 7.18. The van der Waals surface area contributed by atoms with Gasteiger partial charge in [-0.2, -0.15) is 0 Å². The number of aliphatic hydroxyl groups excluding tert-OH is 1. The van der Waals surface area contributed by atoms with Crippen LogP contribution in [-0.4, -0.2) is 59.6 Å². The van der Waals surface area contributed by atoms with Crippen LogP contribution in [0.1, 0.15) is 46.5 Å². The molecular formula is C29H33ClN4O5S. The van der Waals surface area contributed by atoms with E-state index in [1.807, 2.05) is 31.2 Å². The number of hydrogen-bond acceptors (Lipinski definition) is 7. The van der Waals surface area contributed by atoms with Crippen LogP contribution in [0, 0.1) is 6.92 Å². The van der Waals surface area contributed by atoms with Crippen LogP contribution in [0.15, 0.2) is 53.5 Å². The normalized spacial score (nSPS) is 20.9. The van der Waals surface area contributed by atoms with Crippen molar-refractivity contribution < 1.29 is 19.4 Å². The van der Waals surface area contributed by atoms with Crippen molar-refractivity contribution in [3.05, 3.63) is 79.4 Å². The number of hydrogen-bond donors (Lipinski definition) is 3. The number of anilines is 1. The summed E-state index contributed by atoms with van der Waals surface area (Å²) in [6.07, 6.45) is 4.78. The molecule has 3 aromatic rings. The molecule has 3 N–H and O–H groups in total. The highest BCUT2D eigenvalue weighted by Gasteiger charge is 2.33. The fourth-order valence-electron chi connectivity index (χ4n) is 5.26. The molecule has 40 heavy (non-hydrogen) atoms. The lowest BCUT2D eigenvalue weighted by atomic mass is 9.93. The van der Waals surface area contributed by atoms with Crippen molar-refractivity contribution in [2.75, 3.05) is 24.5 Å². The van der Waals surface area contributed by atoms with E-state index in [2.05, 4.69) is 10.6 Å². The smallest absolute Gasteiger partial charge is 0.414 e. The van der Waals surface area contributed by atoms with Gasteiger partial charge >= 0.3 is 6.09 Å². The highest BCUT2D eigenvalue weighted by Crippen LogP contribution is 2.26. The summed E-state index contributed by atoms with van der Waals surface area (Å²) in [6, 6.07) is 12.9. The molecule has 1 aliphatic carbocycles. The number of rotatable bonds is 9. The molecule has 0 unspecified atom stereocenters. The summed E-state index contributed by atoms with van der Waals surface area (Å²) >= 11 is 7.09. The van der Waals surface area contributed by atoms with Crippen LogP contribution in [0.4, 0.5) is 10.5 Å². The van der Waals surface area contributed by atoms with E-state index in [4.69, 9.17) is 16.3 Å². The van der Waals surface area contributed by atoms with Gasteiger partial charge < -0.3 is 20.5 Å². The van der Waals surface area contributed by atoms with E-state index in [1.54, 1.807) is 29.0 Å². The number of carbonyl (C=O) groups excluding carboxylic acids is 2. The van der Waals surface area contributed by atoms with Gasteiger partial charge in [0.1, 0.15) is 6.10 Å². The van der Waals surface area contributed by atoms with Crippen LogP contribution < -0.4 is 21.1 Å². The Morgan fingerprint density at radius 3 is 2.67 bits per heavy atom. The molecule has 1 saturated heterocycles. The van der Waals surface area contributed by atoms with Gasteiger partial charge in [0.15, 0.2) is 0 Å². The maximum Gasteiger partial charge on any atom is 0.414 e. The second kappa shape index (κ2) is 12.6. The van der Waals surface area contributed by atoms with Gasteiger partial charge in [0.05, 0.1) is 34.1 Å². The molecular weight excluding hydrogens is 552 g/mol. The van der Waals surface area contributed by atoms with Crippen molar-refractivity contribution in [1.29, 1.82) is 0 Å². The number of cyclic esters (lactones) is 1. The van der Waals surface area contributed by atoms with Crippen LogP contribution in [0.5, 0.6) is 0 Å². The summed E-state index contributed by atoms with van der Waals surface area (Å²) in [4.78, 5) is 40.2. The molecule has 2 aromatic heterocycles. The van der Waals surface area contributed by atoms with E-state index in [9.17, 15) is 19.5 Å². The first-order chi connectivity index (χ1) is 19.3. The summed E-state index contributed by atoms with van der Waals surface area (Å²) in [7, 11) is 0. The zero-order valence-electron chi connectivity index (χ0n) is 22.3. The Balaban J connectivity index is 1.20. The molecule has 0 spiro atoms. The third-order valence-electron chi connectivity index (χ3n) is 7.46. The fourth-order valence-corrected chi connectivity index (χ4v) is 6.22. The molecule has 1 aliphatic heterocycles. The Morgan fingerprint density at radius 2 is 1.95 bits per heavy atom. The maximum absolute atomic E-state index is 13.3. The summed E-state index contributed by atoms with van der Waals surface area (Å²) in [6.45, 7) is 3.10. The van der Waals surface area contributed by atoms with Crippen molar-refractivity contribution in [3.8, 4) is 5.69 Å². The third kappa shape index (κ3) is 6.58. The van der Waals surface area contributed by atoms with Crippen LogP contribution in [0.2, 0.25) is 4.34 Å². The van der Waals surface area contributed by atoms with Crippen LogP contribution >= 0.6 is 22.9 Å². The van der Waals surface area contributed by atoms with Crippen LogP contribution in [-0.2, 0) is 11.2 Å². The first kappa shape index (κ1) is 28.4. The number of amides is 2. The van der Waals surface area contributed by atoms with Gasteiger partial charge in [0.25, 0.3) is 11.5 Å². The Kier molecular flexibility index (Phi) is 8.90. The summed E-state index contributed by atoms with van der Waals surface area (Å²) in [5.41, 5.74) is 2.91. The number of ether oxygens (including phenoxy) is 1. The van der Waals surface area contributed by atoms with Gasteiger partial charge in [-0.1, -0.05) is 17.7 Å². The Bertz CT molecular complexity index is 1430. The van der Waals surface area contributed by atoms with Gasteiger partial charge in [0.2, 0.25) is 0 Å². The lowest BCUT2D eigenvalue weighted by Gasteiger charge is -2.26. The number of aryl methyl sites for hydroxylation is 1. The van der Waals surface area contributed by atoms with Gasteiger partial charge in [-0.3, -0.25) is 19.1 Å². The minimum absolute atomic E-state index is 0.0670. The van der Waals surface area contributed by atoms with E-state index in [0.717, 1.165) is 42.5 Å². The molecule has 2 amide bonds. The van der Waals surface area contributed by atoms with Crippen LogP contribution in [0.3, 0.4) is 0 Å². The van der Waals surface area contributed by atoms with Crippen molar-refractivity contribution >= 4 is 40.6 Å². The van der Waals surface area contributed by atoms with E-state index in [0.29, 0.717) is 40.5 Å². The quantitative estimate of drug-likeness (QED) is 0.350. The second-order valence-electron chi connectivity index (χ2n) is 10.3. The van der Waals surface area contributed by atoms with Crippen molar-refractivity contribution in [2.24, 2.45) is 0 Å². The monoisotopic (exact) mass is 584 g/mol. The molecule has 1 atom stereocenters. The average molecular weight is 585 g/mol. The fraction of sp³-hybridized carbons (Fsp3) is 0.414. The average Bonchev–Trinajstić information content (AvgIpc) is 3.55. The summed E-state index contributed by atoms with van der Waals surface area (Å²) in [5.74, 6) is -0.260. The minimum atomic E-state index is -0.488. The molecule has 3 heterocycles. The molecule has 0 bridgehead atoms. The largest absolute Gasteiger partial charge is 0.442 e. The number of nitrogens with zero attached hydrogens (tertiary/aromatic N) is 2. The van der Waals surface area contributed by atoms with E-state index < -0.39 is 12.2 Å². The Hall–Kier alpha value is -3.18. The number of aromatic nitrogens is 1. The molecule has 11 heteroatoms. The van der Waals surface area contributed by atoms with E-state index in [1.165, 1.54) is 16.2 Å². The van der Waals surface area contributed by atoms with Crippen LogP contribution in [0.25, 0.3) is 5.69 Å². The van der Waals surface area contributed by atoms with Gasteiger partial charge in [-0.05, 0) is 87.5 Å². The Labute approximate surface area is 241 Å². The first-order valence-corrected chi connectivity index (χ1v) is 14.7. The molecule has 2 fully saturated rings. The molecule has 2 aliphatic rings. The molecule has 212 valence electrons. The molecule has 1 aromatic carbocycles. The number of carbonyl (C=O) groups is 2. The number of benzene rings is 1. The predicted molar refractivity (Wildman–Crippen MR) is 156 cm³/mol. The minimum Gasteiger partial charge on any atom is -0.442 e. The molecule has 0 radical (unpaired) electrons. The lowest BCUT2D eigenvalue weighted by Crippen LogP contribution is -2.36. The van der Waals surface area contributed by atoms with Gasteiger partial charge in [0, 0.05) is 23.5 Å². The number of aliphatic hydroxyl groups is 1. The third-order valence-corrected chi connectivity index (χ3v) is 8.69. The lowest BCUT2D eigenvalue weighted by molar-refractivity contribution is 0.0920. The zero-order chi connectivity index (χ0) is 28.2. The molecule has 1 saturated carbocycles. The molecule has 5 rings (SSSR count). The summed E-state index contributed by atoms with van der Waals surface area (Å²) < 4.78 is 7.65. The molecule has 9 nitrogen and oxygen atoms in total. The predicted octanol–water partition coefficient (Wildman–Crippen LogP) is 4.05. The first-order valence-electron chi connectivity index (χ1n) is 13.5. The van der Waals surface area contributed by atoms with Gasteiger partial charge in [-0.25, -0.2) is 4.79 Å². The topological polar surface area (TPSA) is 113 Å². The van der Waals surface area contributed by atoms with Crippen molar-refractivity contribution in [3.63, 3.8) is 0 Å². The van der Waals surface area contributed by atoms with Gasteiger partial charge in [-0.15, -0.1) is 11.3 Å². The number of halogens is 1. The zero-order valence-corrected chi connectivity index (χ0v) is 23.8. The number of thiophene rings is 1. The van der Waals surface area contributed by atoms with E-state index >= 15 is 0 Å². The standard InChI is InChI=1S/C29H33ClN4O5S/c1-18-15-21(34-17-23(39-29(34)38)16-32-27(36)25-10-11-26(30)40-25)6-9-24(18)33-14-2-3-19(28(33)37)12-13-31-20-4-7-22(35)8-5-20/h2-3,6,9-11,14-15,20,22-23,31,35H,4-5,7-8,12-13,16-17H2,1H3,(H,32,36)/t20?,22?,23-/m0/s1. The number of nitrogens with one attached hydrogen (secondary N) is 2. The summed E-state index contributed by atoms with van der Waals surface area (Å²) in [5, 5.41) is 16.0. The number of pyridine rings is 1. The van der Waals surface area contributed by atoms with Crippen molar-refractivity contribution in [2.45, 2.75) is 57.3 Å². The second-order valence-corrected chi connectivity index (χ2v) is 12.0. The maximum atomic E-state index is 13.3. The van der Waals surface area contributed by atoms with Crippen molar-refractivity contribution in [1.82, 2.24) is 15.2 Å². The highest BCUT2D eigenvalue weighted by atomic mass is 35.5. The SMILES string of the molecule is Cc1cc(N2C[C@H](CNC(=O)c3ccc(Cl)s3)OC2=O)ccc1-n1cccc(CCNC2CCC(O)CC2)c1=O.